The molecule has 98 valence electrons. The number of aliphatic hydroxyl groups excluding tert-OH is 1. The SMILES string of the molecule is CCC1CCCN2CCCC(C(O)O)N2C1=O. The Morgan fingerprint density at radius 3 is 2.53 bits per heavy atom. The minimum Gasteiger partial charge on any atom is -0.366 e. The summed E-state index contributed by atoms with van der Waals surface area (Å²) in [6.07, 6.45) is 2.92. The van der Waals surface area contributed by atoms with Gasteiger partial charge in [-0.25, -0.2) is 5.01 Å². The molecule has 2 heterocycles. The van der Waals surface area contributed by atoms with Crippen molar-refractivity contribution in [3.8, 4) is 0 Å². The van der Waals surface area contributed by atoms with Gasteiger partial charge in [0.2, 0.25) is 5.91 Å². The van der Waals surface area contributed by atoms with Gasteiger partial charge in [-0.05, 0) is 32.1 Å². The number of hydrazine groups is 1. The lowest BCUT2D eigenvalue weighted by atomic mass is 9.99. The van der Waals surface area contributed by atoms with Gasteiger partial charge in [0.15, 0.2) is 6.29 Å². The quantitative estimate of drug-likeness (QED) is 0.685. The molecule has 2 rings (SSSR count). The molecule has 0 radical (unpaired) electrons. The fourth-order valence-electron chi connectivity index (χ4n) is 2.93. The van der Waals surface area contributed by atoms with Gasteiger partial charge in [-0.3, -0.25) is 9.80 Å². The van der Waals surface area contributed by atoms with Crippen molar-refractivity contribution < 1.29 is 15.0 Å². The molecule has 0 saturated carbocycles. The van der Waals surface area contributed by atoms with Crippen molar-refractivity contribution in [2.75, 3.05) is 13.1 Å². The van der Waals surface area contributed by atoms with Gasteiger partial charge in [-0.1, -0.05) is 6.92 Å². The minimum absolute atomic E-state index is 0.0411. The Morgan fingerprint density at radius 1 is 1.29 bits per heavy atom. The van der Waals surface area contributed by atoms with E-state index in [1.807, 2.05) is 11.9 Å². The van der Waals surface area contributed by atoms with Crippen LogP contribution in [0.15, 0.2) is 0 Å². The smallest absolute Gasteiger partial charge is 0.240 e. The van der Waals surface area contributed by atoms with E-state index < -0.39 is 12.3 Å². The first-order valence-corrected chi connectivity index (χ1v) is 6.59. The molecule has 2 aliphatic heterocycles. The lowest BCUT2D eigenvalue weighted by molar-refractivity contribution is -0.194. The topological polar surface area (TPSA) is 64.0 Å². The molecule has 2 saturated heterocycles. The third kappa shape index (κ3) is 2.46. The maximum absolute atomic E-state index is 12.4. The van der Waals surface area contributed by atoms with Gasteiger partial charge in [0, 0.05) is 19.0 Å². The summed E-state index contributed by atoms with van der Waals surface area (Å²) >= 11 is 0. The van der Waals surface area contributed by atoms with Crippen LogP contribution in [-0.4, -0.2) is 51.6 Å². The van der Waals surface area contributed by atoms with Crippen molar-refractivity contribution in [2.45, 2.75) is 51.4 Å². The summed E-state index contributed by atoms with van der Waals surface area (Å²) in [5.74, 6) is 0.113. The van der Waals surface area contributed by atoms with Gasteiger partial charge in [-0.15, -0.1) is 0 Å². The molecular formula is C12H22N2O3. The van der Waals surface area contributed by atoms with E-state index in [4.69, 9.17) is 0 Å². The van der Waals surface area contributed by atoms with E-state index in [1.54, 1.807) is 5.01 Å². The van der Waals surface area contributed by atoms with Crippen molar-refractivity contribution in [3.05, 3.63) is 0 Å². The Bertz CT molecular complexity index is 283. The Morgan fingerprint density at radius 2 is 1.94 bits per heavy atom. The molecule has 0 aromatic rings. The number of nitrogens with zero attached hydrogens (tertiary/aromatic N) is 2. The van der Waals surface area contributed by atoms with Crippen LogP contribution in [0.1, 0.15) is 39.0 Å². The Balaban J connectivity index is 2.21. The van der Waals surface area contributed by atoms with Crippen molar-refractivity contribution >= 4 is 5.91 Å². The predicted molar refractivity (Wildman–Crippen MR) is 62.7 cm³/mol. The van der Waals surface area contributed by atoms with E-state index in [2.05, 4.69) is 0 Å². The fraction of sp³-hybridized carbons (Fsp3) is 0.917. The third-order valence-corrected chi connectivity index (χ3v) is 3.92. The number of rotatable bonds is 2. The van der Waals surface area contributed by atoms with Crippen molar-refractivity contribution in [1.29, 1.82) is 0 Å². The van der Waals surface area contributed by atoms with E-state index in [0.29, 0.717) is 6.42 Å². The summed E-state index contributed by atoms with van der Waals surface area (Å²) in [6.45, 7) is 3.73. The van der Waals surface area contributed by atoms with E-state index in [-0.39, 0.29) is 11.8 Å². The number of aliphatic hydroxyl groups is 2. The van der Waals surface area contributed by atoms with Crippen LogP contribution in [-0.2, 0) is 4.79 Å². The first-order valence-electron chi connectivity index (χ1n) is 6.59. The second-order valence-corrected chi connectivity index (χ2v) is 5.01. The third-order valence-electron chi connectivity index (χ3n) is 3.92. The van der Waals surface area contributed by atoms with Gasteiger partial charge in [0.05, 0.1) is 6.04 Å². The molecule has 2 aliphatic rings. The van der Waals surface area contributed by atoms with Crippen LogP contribution in [0.25, 0.3) is 0 Å². The summed E-state index contributed by atoms with van der Waals surface area (Å²) in [6, 6.07) is -0.455. The normalized spacial score (nSPS) is 31.5. The highest BCUT2D eigenvalue weighted by atomic mass is 16.5. The second kappa shape index (κ2) is 5.33. The van der Waals surface area contributed by atoms with Crippen LogP contribution in [0.4, 0.5) is 0 Å². The summed E-state index contributed by atoms with van der Waals surface area (Å²) in [4.78, 5) is 12.4. The van der Waals surface area contributed by atoms with Crippen molar-refractivity contribution in [3.63, 3.8) is 0 Å². The molecule has 1 amide bonds. The lowest BCUT2D eigenvalue weighted by Gasteiger charge is -2.44. The fourth-order valence-corrected chi connectivity index (χ4v) is 2.93. The van der Waals surface area contributed by atoms with Crippen LogP contribution in [0.5, 0.6) is 0 Å². The Labute approximate surface area is 102 Å². The average Bonchev–Trinajstić information content (AvgIpc) is 2.48. The maximum Gasteiger partial charge on any atom is 0.240 e. The second-order valence-electron chi connectivity index (χ2n) is 5.01. The lowest BCUT2D eigenvalue weighted by Crippen LogP contribution is -2.59. The minimum atomic E-state index is -1.43. The molecule has 5 nitrogen and oxygen atoms in total. The molecule has 0 spiro atoms. The van der Waals surface area contributed by atoms with E-state index in [1.165, 1.54) is 0 Å². The maximum atomic E-state index is 12.4. The number of hydrogen-bond acceptors (Lipinski definition) is 4. The first kappa shape index (κ1) is 12.8. The van der Waals surface area contributed by atoms with Crippen LogP contribution in [0.2, 0.25) is 0 Å². The number of carbonyl (C=O) groups is 1. The average molecular weight is 242 g/mol. The van der Waals surface area contributed by atoms with Gasteiger partial charge in [0.25, 0.3) is 0 Å². The molecule has 0 bridgehead atoms. The highest BCUT2D eigenvalue weighted by Gasteiger charge is 2.40. The molecule has 2 atom stereocenters. The Kier molecular flexibility index (Phi) is 4.01. The van der Waals surface area contributed by atoms with Crippen LogP contribution in [0, 0.1) is 5.92 Å². The van der Waals surface area contributed by atoms with Gasteiger partial charge < -0.3 is 10.2 Å². The van der Waals surface area contributed by atoms with Crippen molar-refractivity contribution in [2.24, 2.45) is 5.92 Å². The molecule has 2 fully saturated rings. The predicted octanol–water partition coefficient (Wildman–Crippen LogP) is 0.325. The van der Waals surface area contributed by atoms with Gasteiger partial charge in [0.1, 0.15) is 0 Å². The Hall–Kier alpha value is -0.650. The highest BCUT2D eigenvalue weighted by molar-refractivity contribution is 5.79. The number of carbonyl (C=O) groups excluding carboxylic acids is 1. The molecule has 0 aromatic carbocycles. The van der Waals surface area contributed by atoms with E-state index >= 15 is 0 Å². The van der Waals surface area contributed by atoms with Crippen LogP contribution >= 0.6 is 0 Å². The molecule has 17 heavy (non-hydrogen) atoms. The number of fused-ring (bicyclic) bond motifs is 1. The molecule has 2 unspecified atom stereocenters. The summed E-state index contributed by atoms with van der Waals surface area (Å²) < 4.78 is 0. The van der Waals surface area contributed by atoms with Gasteiger partial charge >= 0.3 is 0 Å². The zero-order chi connectivity index (χ0) is 12.4. The first-order chi connectivity index (χ1) is 8.15. The summed E-state index contributed by atoms with van der Waals surface area (Å²) in [7, 11) is 0. The van der Waals surface area contributed by atoms with E-state index in [9.17, 15) is 15.0 Å². The molecule has 2 N–H and O–H groups in total. The largest absolute Gasteiger partial charge is 0.366 e. The molecular weight excluding hydrogens is 220 g/mol. The molecule has 0 aliphatic carbocycles. The standard InChI is InChI=1S/C12H22N2O3/c1-2-9-5-3-7-13-8-4-6-10(12(16)17)14(13)11(9)15/h9-10,12,16-17H,2-8H2,1H3. The number of amides is 1. The molecule has 5 heteroatoms. The zero-order valence-electron chi connectivity index (χ0n) is 10.4. The van der Waals surface area contributed by atoms with Crippen molar-refractivity contribution in [1.82, 2.24) is 10.0 Å². The summed E-state index contributed by atoms with van der Waals surface area (Å²) in [5.41, 5.74) is 0. The van der Waals surface area contributed by atoms with Gasteiger partial charge in [-0.2, -0.15) is 0 Å². The highest BCUT2D eigenvalue weighted by Crippen LogP contribution is 2.28. The van der Waals surface area contributed by atoms with Crippen LogP contribution in [0.3, 0.4) is 0 Å². The van der Waals surface area contributed by atoms with Crippen LogP contribution < -0.4 is 0 Å². The molecule has 0 aromatic heterocycles. The summed E-state index contributed by atoms with van der Waals surface area (Å²) in [5, 5.41) is 22.5. The number of hydrogen-bond donors (Lipinski definition) is 2. The monoisotopic (exact) mass is 242 g/mol. The zero-order valence-corrected chi connectivity index (χ0v) is 10.4. The van der Waals surface area contributed by atoms with E-state index in [0.717, 1.165) is 38.8 Å².